The first-order valence-electron chi connectivity index (χ1n) is 14.2. The van der Waals surface area contributed by atoms with E-state index in [2.05, 4.69) is 15.1 Å². The van der Waals surface area contributed by atoms with Gasteiger partial charge in [-0.2, -0.15) is 13.2 Å². The summed E-state index contributed by atoms with van der Waals surface area (Å²) in [5, 5.41) is 3.66. The predicted octanol–water partition coefficient (Wildman–Crippen LogP) is 5.20. The highest BCUT2D eigenvalue weighted by Gasteiger charge is 2.37. The number of ether oxygens (including phenoxy) is 1. The second kappa shape index (κ2) is 13.0. The third-order valence-electron chi connectivity index (χ3n) is 8.36. The number of aromatic nitrogens is 1. The minimum absolute atomic E-state index is 0.00298. The number of benzene rings is 2. The number of thioether (sulfide) groups is 1. The largest absolute Gasteiger partial charge is 0.494 e. The van der Waals surface area contributed by atoms with Gasteiger partial charge in [0.15, 0.2) is 11.6 Å². The molecule has 1 N–H and O–H groups in total. The summed E-state index contributed by atoms with van der Waals surface area (Å²) < 4.78 is 79.3. The van der Waals surface area contributed by atoms with E-state index in [-0.39, 0.29) is 22.9 Å². The third kappa shape index (κ3) is 6.33. The molecule has 43 heavy (non-hydrogen) atoms. The van der Waals surface area contributed by atoms with Gasteiger partial charge in [0.1, 0.15) is 5.82 Å². The van der Waals surface area contributed by atoms with Crippen molar-refractivity contribution in [1.29, 1.82) is 0 Å². The fraction of sp³-hybridized carbons (Fsp3) is 0.452. The second-order valence-corrected chi connectivity index (χ2v) is 11.9. The molecule has 3 aromatic rings. The fourth-order valence-electron chi connectivity index (χ4n) is 6.03. The molecule has 3 heterocycles. The Morgan fingerprint density at radius 3 is 2.40 bits per heavy atom. The molecule has 12 heteroatoms. The summed E-state index contributed by atoms with van der Waals surface area (Å²) >= 11 is 1.38. The Morgan fingerprint density at radius 1 is 1.02 bits per heavy atom. The van der Waals surface area contributed by atoms with Crippen LogP contribution in [0.25, 0.3) is 11.1 Å². The lowest BCUT2D eigenvalue weighted by Crippen LogP contribution is -2.49. The molecule has 1 saturated heterocycles. The van der Waals surface area contributed by atoms with E-state index in [1.807, 2.05) is 7.05 Å². The molecule has 6 nitrogen and oxygen atoms in total. The molecule has 0 bridgehead atoms. The van der Waals surface area contributed by atoms with Gasteiger partial charge in [-0.25, -0.2) is 8.78 Å². The first-order chi connectivity index (χ1) is 20.5. The SMILES string of the molecule is CNCCN1CCN(CC2CSc3c(Cc4c(F)cccc4C(F)(F)F)c(C)c(-c4cccc(OC)c4F)c(=O)n32)CC1. The van der Waals surface area contributed by atoms with Crippen molar-refractivity contribution < 1.29 is 26.7 Å². The topological polar surface area (TPSA) is 49.7 Å². The maximum atomic E-state index is 15.6. The van der Waals surface area contributed by atoms with E-state index >= 15 is 8.78 Å². The van der Waals surface area contributed by atoms with Crippen LogP contribution in [0.4, 0.5) is 22.0 Å². The molecule has 1 fully saturated rings. The van der Waals surface area contributed by atoms with Gasteiger partial charge in [0.25, 0.3) is 5.56 Å². The normalized spacial score (nSPS) is 17.8. The van der Waals surface area contributed by atoms with E-state index in [0.717, 1.165) is 57.5 Å². The van der Waals surface area contributed by atoms with Crippen LogP contribution in [0.3, 0.4) is 0 Å². The van der Waals surface area contributed by atoms with Gasteiger partial charge in [0.2, 0.25) is 0 Å². The minimum Gasteiger partial charge on any atom is -0.494 e. The van der Waals surface area contributed by atoms with Gasteiger partial charge in [0.05, 0.1) is 29.3 Å². The minimum atomic E-state index is -4.77. The van der Waals surface area contributed by atoms with Crippen molar-refractivity contribution >= 4 is 11.8 Å². The maximum Gasteiger partial charge on any atom is 0.416 e. The van der Waals surface area contributed by atoms with Gasteiger partial charge >= 0.3 is 6.18 Å². The number of methoxy groups -OCH3 is 1. The number of pyridine rings is 1. The standard InChI is InChI=1S/C31H35F5N4O2S/c1-19-22(16-23-24(31(34,35)36)7-5-8-25(23)32)30-40(29(41)27(19)21-6-4-9-26(42-3)28(21)33)20(18-43-30)17-39-14-12-38(13-15-39)11-10-37-2/h4-9,20,37H,10-18H2,1-3H3. The van der Waals surface area contributed by atoms with Crippen molar-refractivity contribution in [2.75, 3.05) is 65.7 Å². The molecule has 5 rings (SSSR count). The van der Waals surface area contributed by atoms with E-state index in [0.29, 0.717) is 28.5 Å². The molecule has 2 aromatic carbocycles. The molecule has 1 unspecified atom stereocenters. The number of piperazine rings is 1. The molecule has 0 saturated carbocycles. The first kappa shape index (κ1) is 31.5. The van der Waals surface area contributed by atoms with E-state index in [1.165, 1.54) is 31.0 Å². The van der Waals surface area contributed by atoms with E-state index in [9.17, 15) is 18.0 Å². The van der Waals surface area contributed by atoms with Crippen LogP contribution < -0.4 is 15.6 Å². The molecule has 1 aromatic heterocycles. The molecule has 232 valence electrons. The molecule has 2 aliphatic rings. The molecular formula is C31H35F5N4O2S. The Kier molecular flexibility index (Phi) is 9.50. The van der Waals surface area contributed by atoms with Gasteiger partial charge in [-0.15, -0.1) is 11.8 Å². The number of nitrogens with zero attached hydrogens (tertiary/aromatic N) is 3. The number of fused-ring (bicyclic) bond motifs is 1. The van der Waals surface area contributed by atoms with E-state index in [1.54, 1.807) is 17.6 Å². The summed E-state index contributed by atoms with van der Waals surface area (Å²) in [6.45, 7) is 7.40. The highest BCUT2D eigenvalue weighted by Crippen LogP contribution is 2.42. The van der Waals surface area contributed by atoms with Crippen LogP contribution in [-0.2, 0) is 12.6 Å². The number of rotatable bonds is 9. The third-order valence-corrected chi connectivity index (χ3v) is 9.63. The quantitative estimate of drug-likeness (QED) is 0.331. The lowest BCUT2D eigenvalue weighted by Gasteiger charge is -2.36. The summed E-state index contributed by atoms with van der Waals surface area (Å²) in [6, 6.07) is 7.07. The highest BCUT2D eigenvalue weighted by atomic mass is 32.2. The summed E-state index contributed by atoms with van der Waals surface area (Å²) in [5.74, 6) is -1.25. The van der Waals surface area contributed by atoms with Crippen LogP contribution in [-0.4, -0.2) is 80.1 Å². The molecule has 0 amide bonds. The van der Waals surface area contributed by atoms with Crippen LogP contribution in [0.1, 0.15) is 28.3 Å². The maximum absolute atomic E-state index is 15.6. The van der Waals surface area contributed by atoms with Crippen molar-refractivity contribution in [3.05, 3.63) is 80.6 Å². The summed E-state index contributed by atoms with van der Waals surface area (Å²) in [7, 11) is 3.24. The predicted molar refractivity (Wildman–Crippen MR) is 158 cm³/mol. The van der Waals surface area contributed by atoms with Crippen molar-refractivity contribution in [3.8, 4) is 16.9 Å². The lowest BCUT2D eigenvalue weighted by molar-refractivity contribution is -0.138. The highest BCUT2D eigenvalue weighted by molar-refractivity contribution is 7.99. The van der Waals surface area contributed by atoms with Gasteiger partial charge in [-0.05, 0) is 43.3 Å². The second-order valence-electron chi connectivity index (χ2n) is 10.9. The zero-order chi connectivity index (χ0) is 30.9. The average Bonchev–Trinajstić information content (AvgIpc) is 3.39. The molecule has 0 aliphatic carbocycles. The zero-order valence-electron chi connectivity index (χ0n) is 24.4. The van der Waals surface area contributed by atoms with Crippen LogP contribution in [0.5, 0.6) is 5.75 Å². The monoisotopic (exact) mass is 622 g/mol. The average molecular weight is 623 g/mol. The molecular weight excluding hydrogens is 587 g/mol. The Balaban J connectivity index is 1.61. The van der Waals surface area contributed by atoms with Crippen molar-refractivity contribution in [2.24, 2.45) is 0 Å². The first-order valence-corrected chi connectivity index (χ1v) is 15.2. The van der Waals surface area contributed by atoms with Crippen molar-refractivity contribution in [2.45, 2.75) is 30.6 Å². The number of hydrogen-bond donors (Lipinski definition) is 1. The molecule has 0 spiro atoms. The number of halogens is 5. The molecule has 0 radical (unpaired) electrons. The van der Waals surface area contributed by atoms with Crippen molar-refractivity contribution in [3.63, 3.8) is 0 Å². The zero-order valence-corrected chi connectivity index (χ0v) is 25.2. The van der Waals surface area contributed by atoms with Crippen LogP contribution in [0.15, 0.2) is 46.2 Å². The molecule has 2 aliphatic heterocycles. The van der Waals surface area contributed by atoms with Gasteiger partial charge < -0.3 is 10.1 Å². The number of hydrogen-bond acceptors (Lipinski definition) is 6. The number of alkyl halides is 3. The Morgan fingerprint density at radius 2 is 1.72 bits per heavy atom. The lowest BCUT2D eigenvalue weighted by atomic mass is 9.92. The van der Waals surface area contributed by atoms with E-state index < -0.39 is 40.9 Å². The van der Waals surface area contributed by atoms with E-state index in [4.69, 9.17) is 4.74 Å². The van der Waals surface area contributed by atoms with Gasteiger partial charge in [-0.1, -0.05) is 18.2 Å². The number of likely N-dealkylation sites (N-methyl/N-ethyl adjacent to an activating group) is 1. The Bertz CT molecular complexity index is 1540. The summed E-state index contributed by atoms with van der Waals surface area (Å²) in [6.07, 6.45) is -5.17. The number of nitrogens with one attached hydrogen (secondary N) is 1. The van der Waals surface area contributed by atoms with Crippen molar-refractivity contribution in [1.82, 2.24) is 19.7 Å². The summed E-state index contributed by atoms with van der Waals surface area (Å²) in [4.78, 5) is 18.9. The van der Waals surface area contributed by atoms with Crippen LogP contribution in [0, 0.1) is 18.6 Å². The molecule has 1 atom stereocenters. The smallest absolute Gasteiger partial charge is 0.416 e. The Hall–Kier alpha value is -2.93. The van der Waals surface area contributed by atoms with Gasteiger partial charge in [0, 0.05) is 69.1 Å². The van der Waals surface area contributed by atoms with Crippen LogP contribution >= 0.6 is 11.8 Å². The summed E-state index contributed by atoms with van der Waals surface area (Å²) in [5.41, 5.74) is -1.24. The Labute approximate surface area is 251 Å². The van der Waals surface area contributed by atoms with Gasteiger partial charge in [-0.3, -0.25) is 19.2 Å². The van der Waals surface area contributed by atoms with Crippen LogP contribution in [0.2, 0.25) is 0 Å². The fourth-order valence-corrected chi connectivity index (χ4v) is 7.41.